The van der Waals surface area contributed by atoms with Crippen molar-refractivity contribution in [1.29, 1.82) is 0 Å². The summed E-state index contributed by atoms with van der Waals surface area (Å²) in [6.45, 7) is 10.9. The van der Waals surface area contributed by atoms with Crippen LogP contribution < -0.4 is 0 Å². The molecule has 0 aliphatic carbocycles. The van der Waals surface area contributed by atoms with Crippen molar-refractivity contribution >= 4 is 0 Å². The Hall–Kier alpha value is -0.380. The highest BCUT2D eigenvalue weighted by Crippen LogP contribution is 2.03. The summed E-state index contributed by atoms with van der Waals surface area (Å²) in [4.78, 5) is 4.91. The Morgan fingerprint density at radius 2 is 1.71 bits per heavy atom. The van der Waals surface area contributed by atoms with Crippen LogP contribution in [0.3, 0.4) is 0 Å². The zero-order valence-corrected chi connectivity index (χ0v) is 8.99. The molecule has 1 rings (SSSR count). The van der Waals surface area contributed by atoms with Crippen molar-refractivity contribution in [3.05, 3.63) is 12.7 Å². The summed E-state index contributed by atoms with van der Waals surface area (Å²) in [5.74, 6) is 0. The van der Waals surface area contributed by atoms with Crippen LogP contribution in [0, 0.1) is 0 Å². The van der Waals surface area contributed by atoms with E-state index in [1.807, 2.05) is 6.08 Å². The molecule has 1 aliphatic heterocycles. The van der Waals surface area contributed by atoms with Crippen LogP contribution in [0.15, 0.2) is 12.7 Å². The predicted octanol–water partition coefficient (Wildman–Crippen LogP) is 0.562. The molecule has 1 heterocycles. The van der Waals surface area contributed by atoms with Crippen LogP contribution in [0.2, 0.25) is 0 Å². The summed E-state index contributed by atoms with van der Waals surface area (Å²) in [6.07, 6.45) is 4.03. The summed E-state index contributed by atoms with van der Waals surface area (Å²) < 4.78 is 0. The van der Waals surface area contributed by atoms with Gasteiger partial charge in [-0.3, -0.25) is 4.90 Å². The first-order valence-corrected chi connectivity index (χ1v) is 5.53. The molecule has 0 aromatic heterocycles. The minimum Gasteiger partial charge on any atom is -0.396 e. The van der Waals surface area contributed by atoms with E-state index in [1.165, 1.54) is 13.1 Å². The number of hydrogen-bond acceptors (Lipinski definition) is 3. The number of unbranched alkanes of at least 4 members (excludes halogenated alkanes) is 1. The number of nitrogens with zero attached hydrogens (tertiary/aromatic N) is 2. The first kappa shape index (κ1) is 11.7. The van der Waals surface area contributed by atoms with E-state index >= 15 is 0 Å². The molecule has 0 amide bonds. The molecule has 0 bridgehead atoms. The van der Waals surface area contributed by atoms with Crippen LogP contribution in [-0.2, 0) is 0 Å². The first-order valence-electron chi connectivity index (χ1n) is 5.53. The minimum absolute atomic E-state index is 0.330. The van der Waals surface area contributed by atoms with Crippen molar-refractivity contribution in [2.24, 2.45) is 0 Å². The third-order valence-electron chi connectivity index (χ3n) is 2.73. The second-order valence-corrected chi connectivity index (χ2v) is 3.86. The predicted molar refractivity (Wildman–Crippen MR) is 59.4 cm³/mol. The molecule has 3 nitrogen and oxygen atoms in total. The zero-order valence-electron chi connectivity index (χ0n) is 8.99. The van der Waals surface area contributed by atoms with Crippen molar-refractivity contribution in [3.63, 3.8) is 0 Å². The molecule has 1 fully saturated rings. The second kappa shape index (κ2) is 6.98. The van der Waals surface area contributed by atoms with Crippen molar-refractivity contribution in [2.45, 2.75) is 12.8 Å². The van der Waals surface area contributed by atoms with Gasteiger partial charge >= 0.3 is 0 Å². The van der Waals surface area contributed by atoms with Gasteiger partial charge in [0.05, 0.1) is 0 Å². The highest BCUT2D eigenvalue weighted by Gasteiger charge is 2.14. The Morgan fingerprint density at radius 1 is 1.07 bits per heavy atom. The van der Waals surface area contributed by atoms with Crippen LogP contribution >= 0.6 is 0 Å². The fourth-order valence-electron chi connectivity index (χ4n) is 1.83. The fourth-order valence-corrected chi connectivity index (χ4v) is 1.83. The summed E-state index contributed by atoms with van der Waals surface area (Å²) in [5.41, 5.74) is 0. The van der Waals surface area contributed by atoms with Gasteiger partial charge in [0.1, 0.15) is 0 Å². The molecule has 82 valence electrons. The van der Waals surface area contributed by atoms with Crippen LogP contribution in [0.5, 0.6) is 0 Å². The van der Waals surface area contributed by atoms with Crippen molar-refractivity contribution in [3.8, 4) is 0 Å². The zero-order chi connectivity index (χ0) is 10.2. The maximum absolute atomic E-state index is 8.67. The molecule has 14 heavy (non-hydrogen) atoms. The van der Waals surface area contributed by atoms with Gasteiger partial charge in [-0.1, -0.05) is 6.08 Å². The van der Waals surface area contributed by atoms with E-state index < -0.39 is 0 Å². The Labute approximate surface area is 87.0 Å². The lowest BCUT2D eigenvalue weighted by Gasteiger charge is -2.34. The molecule has 0 aromatic rings. The van der Waals surface area contributed by atoms with Crippen molar-refractivity contribution < 1.29 is 5.11 Å². The molecule has 0 atom stereocenters. The highest BCUT2D eigenvalue weighted by molar-refractivity contribution is 4.78. The van der Waals surface area contributed by atoms with Gasteiger partial charge in [-0.15, -0.1) is 6.58 Å². The molecule has 1 aliphatic rings. The number of piperazine rings is 1. The van der Waals surface area contributed by atoms with Gasteiger partial charge < -0.3 is 10.0 Å². The maximum atomic E-state index is 8.67. The molecule has 0 radical (unpaired) electrons. The van der Waals surface area contributed by atoms with E-state index in [-0.39, 0.29) is 0 Å². The third-order valence-corrected chi connectivity index (χ3v) is 2.73. The van der Waals surface area contributed by atoms with Gasteiger partial charge in [-0.25, -0.2) is 0 Å². The minimum atomic E-state index is 0.330. The number of rotatable bonds is 6. The first-order chi connectivity index (χ1) is 6.86. The van der Waals surface area contributed by atoms with E-state index in [0.29, 0.717) is 6.61 Å². The van der Waals surface area contributed by atoms with Gasteiger partial charge in [0, 0.05) is 39.3 Å². The maximum Gasteiger partial charge on any atom is 0.0431 e. The lowest BCUT2D eigenvalue weighted by atomic mass is 10.2. The smallest absolute Gasteiger partial charge is 0.0431 e. The average Bonchev–Trinajstić information content (AvgIpc) is 2.21. The summed E-state index contributed by atoms with van der Waals surface area (Å²) in [5, 5.41) is 8.67. The van der Waals surface area contributed by atoms with Crippen molar-refractivity contribution in [1.82, 2.24) is 9.80 Å². The SMILES string of the molecule is C=CCN1CCN(CCCCO)CC1. The van der Waals surface area contributed by atoms with Crippen LogP contribution in [0.1, 0.15) is 12.8 Å². The Kier molecular flexibility index (Phi) is 5.83. The molecule has 0 unspecified atom stereocenters. The molecule has 0 saturated carbocycles. The van der Waals surface area contributed by atoms with E-state index in [0.717, 1.165) is 39.0 Å². The third kappa shape index (κ3) is 4.22. The second-order valence-electron chi connectivity index (χ2n) is 3.86. The van der Waals surface area contributed by atoms with E-state index in [9.17, 15) is 0 Å². The monoisotopic (exact) mass is 198 g/mol. The van der Waals surface area contributed by atoms with E-state index in [1.54, 1.807) is 0 Å². The van der Waals surface area contributed by atoms with Gasteiger partial charge in [-0.05, 0) is 19.4 Å². The molecule has 0 aromatic carbocycles. The lowest BCUT2D eigenvalue weighted by Crippen LogP contribution is -2.46. The Morgan fingerprint density at radius 3 is 2.29 bits per heavy atom. The molecule has 3 heteroatoms. The molecule has 0 spiro atoms. The van der Waals surface area contributed by atoms with E-state index in [4.69, 9.17) is 5.11 Å². The quantitative estimate of drug-likeness (QED) is 0.499. The van der Waals surface area contributed by atoms with Gasteiger partial charge in [-0.2, -0.15) is 0 Å². The van der Waals surface area contributed by atoms with Crippen molar-refractivity contribution in [2.75, 3.05) is 45.9 Å². The molecule has 1 N–H and O–H groups in total. The summed E-state index contributed by atoms with van der Waals surface area (Å²) >= 11 is 0. The molecule has 1 saturated heterocycles. The standard InChI is InChI=1S/C11H22N2O/c1-2-5-12-7-9-13(10-8-12)6-3-4-11-14/h2,14H,1,3-11H2. The lowest BCUT2D eigenvalue weighted by molar-refractivity contribution is 0.138. The van der Waals surface area contributed by atoms with Gasteiger partial charge in [0.2, 0.25) is 0 Å². The molecular weight excluding hydrogens is 176 g/mol. The highest BCUT2D eigenvalue weighted by atomic mass is 16.2. The number of hydrogen-bond donors (Lipinski definition) is 1. The van der Waals surface area contributed by atoms with Gasteiger partial charge in [0.15, 0.2) is 0 Å². The Bertz CT molecular complexity index is 153. The number of aliphatic hydroxyl groups is 1. The summed E-state index contributed by atoms with van der Waals surface area (Å²) in [6, 6.07) is 0. The normalized spacial score (nSPS) is 19.8. The Balaban J connectivity index is 2.06. The van der Waals surface area contributed by atoms with Crippen LogP contribution in [0.4, 0.5) is 0 Å². The molecular formula is C11H22N2O. The largest absolute Gasteiger partial charge is 0.396 e. The summed E-state index contributed by atoms with van der Waals surface area (Å²) in [7, 11) is 0. The van der Waals surface area contributed by atoms with Gasteiger partial charge in [0.25, 0.3) is 0 Å². The fraction of sp³-hybridized carbons (Fsp3) is 0.818. The average molecular weight is 198 g/mol. The number of aliphatic hydroxyl groups excluding tert-OH is 1. The topological polar surface area (TPSA) is 26.7 Å². The van der Waals surface area contributed by atoms with E-state index in [2.05, 4.69) is 16.4 Å². The van der Waals surface area contributed by atoms with Crippen LogP contribution in [-0.4, -0.2) is 60.8 Å². The van der Waals surface area contributed by atoms with Crippen LogP contribution in [0.25, 0.3) is 0 Å².